The maximum absolute atomic E-state index is 6.02. The molecule has 0 bridgehead atoms. The quantitative estimate of drug-likeness (QED) is 0.844. The minimum atomic E-state index is 0.577. The summed E-state index contributed by atoms with van der Waals surface area (Å²) >= 11 is 6.02. The Morgan fingerprint density at radius 2 is 2.14 bits per heavy atom. The summed E-state index contributed by atoms with van der Waals surface area (Å²) in [6.45, 7) is 4.90. The fraction of sp³-hybridized carbons (Fsp3) is 0.333. The van der Waals surface area contributed by atoms with Crippen LogP contribution in [0.2, 0.25) is 5.02 Å². The van der Waals surface area contributed by atoms with Gasteiger partial charge >= 0.3 is 0 Å². The summed E-state index contributed by atoms with van der Waals surface area (Å²) in [5.41, 5.74) is 1.82. The van der Waals surface area contributed by atoms with Crippen molar-refractivity contribution in [2.45, 2.75) is 20.3 Å². The molecule has 5 nitrogen and oxygen atoms in total. The van der Waals surface area contributed by atoms with Crippen LogP contribution in [0, 0.1) is 6.92 Å². The molecule has 1 aromatic carbocycles. The van der Waals surface area contributed by atoms with E-state index < -0.39 is 0 Å². The number of methoxy groups -OCH3 is 1. The normalized spacial score (nSPS) is 10.3. The monoisotopic (exact) mass is 306 g/mol. The van der Waals surface area contributed by atoms with Crippen molar-refractivity contribution in [3.8, 4) is 5.75 Å². The van der Waals surface area contributed by atoms with E-state index in [-0.39, 0.29) is 0 Å². The topological polar surface area (TPSA) is 59.1 Å². The number of halogens is 1. The Hall–Kier alpha value is -2.01. The van der Waals surface area contributed by atoms with Gasteiger partial charge in [0.25, 0.3) is 0 Å². The summed E-state index contributed by atoms with van der Waals surface area (Å²) in [4.78, 5) is 8.73. The van der Waals surface area contributed by atoms with Crippen molar-refractivity contribution in [1.82, 2.24) is 9.97 Å². The summed E-state index contributed by atoms with van der Waals surface area (Å²) in [6, 6.07) is 5.50. The zero-order valence-electron chi connectivity index (χ0n) is 12.4. The number of aryl methyl sites for hydroxylation is 1. The van der Waals surface area contributed by atoms with Gasteiger partial charge in [0.1, 0.15) is 11.6 Å². The summed E-state index contributed by atoms with van der Waals surface area (Å²) in [5, 5.41) is 7.01. The fourth-order valence-corrected chi connectivity index (χ4v) is 1.96. The molecule has 2 N–H and O–H groups in total. The van der Waals surface area contributed by atoms with Gasteiger partial charge in [-0.1, -0.05) is 18.5 Å². The van der Waals surface area contributed by atoms with Gasteiger partial charge in [-0.05, 0) is 25.5 Å². The average molecular weight is 307 g/mol. The SMILES string of the molecule is CCCNc1ncc(C)c(Nc2ccc(Cl)c(OC)c2)n1. The van der Waals surface area contributed by atoms with Gasteiger partial charge in [-0.25, -0.2) is 4.98 Å². The van der Waals surface area contributed by atoms with Gasteiger partial charge in [-0.2, -0.15) is 4.98 Å². The summed E-state index contributed by atoms with van der Waals surface area (Å²) in [5.74, 6) is 2.00. The van der Waals surface area contributed by atoms with Crippen LogP contribution in [0.25, 0.3) is 0 Å². The van der Waals surface area contributed by atoms with Crippen LogP contribution < -0.4 is 15.4 Å². The average Bonchev–Trinajstić information content (AvgIpc) is 2.50. The Kier molecular flexibility index (Phi) is 5.22. The van der Waals surface area contributed by atoms with Gasteiger partial charge in [-0.15, -0.1) is 0 Å². The lowest BCUT2D eigenvalue weighted by molar-refractivity contribution is 0.415. The highest BCUT2D eigenvalue weighted by atomic mass is 35.5. The van der Waals surface area contributed by atoms with Crippen LogP contribution in [0.3, 0.4) is 0 Å². The molecule has 2 aromatic rings. The zero-order chi connectivity index (χ0) is 15.2. The first-order valence-electron chi connectivity index (χ1n) is 6.82. The first-order chi connectivity index (χ1) is 10.1. The molecule has 6 heteroatoms. The van der Waals surface area contributed by atoms with E-state index in [1.807, 2.05) is 19.1 Å². The van der Waals surface area contributed by atoms with Crippen LogP contribution in [-0.4, -0.2) is 23.6 Å². The molecule has 0 saturated carbocycles. The minimum Gasteiger partial charge on any atom is -0.495 e. The van der Waals surface area contributed by atoms with E-state index in [4.69, 9.17) is 16.3 Å². The van der Waals surface area contributed by atoms with Gasteiger partial charge in [0.15, 0.2) is 0 Å². The van der Waals surface area contributed by atoms with E-state index in [0.29, 0.717) is 16.7 Å². The van der Waals surface area contributed by atoms with Gasteiger partial charge in [0.05, 0.1) is 12.1 Å². The van der Waals surface area contributed by atoms with Gasteiger partial charge < -0.3 is 15.4 Å². The summed E-state index contributed by atoms with van der Waals surface area (Å²) < 4.78 is 5.21. The lowest BCUT2D eigenvalue weighted by Gasteiger charge is -2.12. The fourth-order valence-electron chi connectivity index (χ4n) is 1.76. The molecule has 0 spiro atoms. The molecular formula is C15H19ClN4O. The maximum Gasteiger partial charge on any atom is 0.224 e. The first kappa shape index (κ1) is 15.4. The van der Waals surface area contributed by atoms with Crippen molar-refractivity contribution in [2.75, 3.05) is 24.3 Å². The molecular weight excluding hydrogens is 288 g/mol. The lowest BCUT2D eigenvalue weighted by Crippen LogP contribution is -2.06. The first-order valence-corrected chi connectivity index (χ1v) is 7.20. The third kappa shape index (κ3) is 3.98. The number of nitrogens with one attached hydrogen (secondary N) is 2. The molecule has 0 fully saturated rings. The van der Waals surface area contributed by atoms with Crippen molar-refractivity contribution < 1.29 is 4.74 Å². The second-order valence-electron chi connectivity index (χ2n) is 4.63. The van der Waals surface area contributed by atoms with Gasteiger partial charge in [-0.3, -0.25) is 0 Å². The number of hydrogen-bond acceptors (Lipinski definition) is 5. The number of nitrogens with zero attached hydrogens (tertiary/aromatic N) is 2. The van der Waals surface area contributed by atoms with E-state index >= 15 is 0 Å². The Morgan fingerprint density at radius 3 is 2.86 bits per heavy atom. The van der Waals surface area contributed by atoms with Crippen molar-refractivity contribution in [1.29, 1.82) is 0 Å². The number of benzene rings is 1. The smallest absolute Gasteiger partial charge is 0.224 e. The van der Waals surface area contributed by atoms with Crippen molar-refractivity contribution in [2.24, 2.45) is 0 Å². The molecule has 21 heavy (non-hydrogen) atoms. The number of ether oxygens (including phenoxy) is 1. The highest BCUT2D eigenvalue weighted by Crippen LogP contribution is 2.29. The Bertz CT molecular complexity index is 619. The molecule has 112 valence electrons. The second kappa shape index (κ2) is 7.13. The van der Waals surface area contributed by atoms with Crippen molar-refractivity contribution in [3.63, 3.8) is 0 Å². The molecule has 1 aromatic heterocycles. The number of hydrogen-bond donors (Lipinski definition) is 2. The van der Waals surface area contributed by atoms with Crippen LogP contribution in [0.4, 0.5) is 17.5 Å². The maximum atomic E-state index is 6.02. The molecule has 0 aliphatic carbocycles. The highest BCUT2D eigenvalue weighted by molar-refractivity contribution is 6.32. The van der Waals surface area contributed by atoms with Crippen LogP contribution in [0.1, 0.15) is 18.9 Å². The highest BCUT2D eigenvalue weighted by Gasteiger charge is 2.06. The minimum absolute atomic E-state index is 0.577. The predicted octanol–water partition coefficient (Wildman–Crippen LogP) is 4.01. The Morgan fingerprint density at radius 1 is 1.33 bits per heavy atom. The molecule has 0 unspecified atom stereocenters. The second-order valence-corrected chi connectivity index (χ2v) is 5.03. The van der Waals surface area contributed by atoms with E-state index in [1.165, 1.54) is 0 Å². The Labute approximate surface area is 129 Å². The number of aromatic nitrogens is 2. The molecule has 2 rings (SSSR count). The largest absolute Gasteiger partial charge is 0.495 e. The zero-order valence-corrected chi connectivity index (χ0v) is 13.2. The summed E-state index contributed by atoms with van der Waals surface area (Å²) in [7, 11) is 1.59. The van der Waals surface area contributed by atoms with Gasteiger partial charge in [0, 0.05) is 30.1 Å². The third-order valence-electron chi connectivity index (χ3n) is 2.92. The molecule has 0 radical (unpaired) electrons. The molecule has 0 aliphatic rings. The predicted molar refractivity (Wildman–Crippen MR) is 86.8 cm³/mol. The van der Waals surface area contributed by atoms with Crippen LogP contribution in [0.15, 0.2) is 24.4 Å². The van der Waals surface area contributed by atoms with Crippen molar-refractivity contribution >= 4 is 29.1 Å². The van der Waals surface area contributed by atoms with Crippen molar-refractivity contribution in [3.05, 3.63) is 35.0 Å². The third-order valence-corrected chi connectivity index (χ3v) is 3.23. The van der Waals surface area contributed by atoms with Crippen LogP contribution in [-0.2, 0) is 0 Å². The summed E-state index contributed by atoms with van der Waals surface area (Å²) in [6.07, 6.45) is 2.81. The number of rotatable bonds is 6. The van der Waals surface area contributed by atoms with E-state index in [0.717, 1.165) is 30.0 Å². The molecule has 1 heterocycles. The standard InChI is InChI=1S/C15H19ClN4O/c1-4-7-17-15-18-9-10(2)14(20-15)19-11-5-6-12(16)13(8-11)21-3/h5-6,8-9H,4,7H2,1-3H3,(H2,17,18,19,20). The van der Waals surface area contributed by atoms with E-state index in [9.17, 15) is 0 Å². The van der Waals surface area contributed by atoms with Gasteiger partial charge in [0.2, 0.25) is 5.95 Å². The lowest BCUT2D eigenvalue weighted by atomic mass is 10.2. The van der Waals surface area contributed by atoms with E-state index in [2.05, 4.69) is 27.5 Å². The van der Waals surface area contributed by atoms with E-state index in [1.54, 1.807) is 19.4 Å². The van der Waals surface area contributed by atoms with Crippen LogP contribution in [0.5, 0.6) is 5.75 Å². The molecule has 0 amide bonds. The molecule has 0 atom stereocenters. The Balaban J connectivity index is 2.22. The number of anilines is 3. The van der Waals surface area contributed by atoms with Crippen LogP contribution >= 0.6 is 11.6 Å². The molecule has 0 aliphatic heterocycles. The molecule has 0 saturated heterocycles.